The van der Waals surface area contributed by atoms with Gasteiger partial charge in [-0.2, -0.15) is 0 Å². The van der Waals surface area contributed by atoms with Crippen LogP contribution >= 0.6 is 0 Å². The van der Waals surface area contributed by atoms with Crippen LogP contribution in [0.1, 0.15) is 23.5 Å². The molecular weight excluding hydrogens is 366 g/mol. The zero-order chi connectivity index (χ0) is 20.2. The zero-order valence-electron chi connectivity index (χ0n) is 16.2. The molecule has 1 aliphatic rings. The summed E-state index contributed by atoms with van der Waals surface area (Å²) < 4.78 is 11.4. The molecule has 1 aromatic heterocycles. The number of carbonyl (C=O) groups is 1. The number of aromatic nitrogens is 1. The van der Waals surface area contributed by atoms with Crippen LogP contribution in [0.25, 0.3) is 0 Å². The molecule has 0 saturated carbocycles. The summed E-state index contributed by atoms with van der Waals surface area (Å²) in [5.74, 6) is 1.49. The summed E-state index contributed by atoms with van der Waals surface area (Å²) in [5, 5.41) is 0. The molecule has 0 bridgehead atoms. The number of benzene rings is 2. The number of ether oxygens (including phenoxy) is 2. The van der Waals surface area contributed by atoms with Crippen LogP contribution in [0.3, 0.4) is 0 Å². The van der Waals surface area contributed by atoms with Gasteiger partial charge in [0.1, 0.15) is 6.61 Å². The molecule has 0 aliphatic carbocycles. The number of amides is 1. The topological polar surface area (TPSA) is 77.7 Å². The Morgan fingerprint density at radius 2 is 2.03 bits per heavy atom. The predicted octanol–water partition coefficient (Wildman–Crippen LogP) is 3.77. The van der Waals surface area contributed by atoms with Crippen LogP contribution in [0.4, 0.5) is 11.4 Å². The van der Waals surface area contributed by atoms with Crippen molar-refractivity contribution in [3.63, 3.8) is 0 Å². The second kappa shape index (κ2) is 8.22. The van der Waals surface area contributed by atoms with Crippen molar-refractivity contribution >= 4 is 17.3 Å². The number of rotatable bonds is 6. The van der Waals surface area contributed by atoms with Gasteiger partial charge >= 0.3 is 0 Å². The number of carbonyl (C=O) groups excluding carboxylic acids is 1. The fraction of sp³-hybridized carbons (Fsp3) is 0.217. The standard InChI is InChI=1S/C23H23N3O3/c1-28-21-8-7-17(10-22(21)29-15-16-4-3-9-25-13-16)18-11-23(27)26(14-18)20-6-2-5-19(24)12-20/h2-10,12-13,18H,11,14-15,24H2,1H3/t18-/m0/s1. The van der Waals surface area contributed by atoms with Gasteiger partial charge in [0.2, 0.25) is 5.91 Å². The highest BCUT2D eigenvalue weighted by molar-refractivity contribution is 5.96. The van der Waals surface area contributed by atoms with E-state index in [1.165, 1.54) is 0 Å². The van der Waals surface area contributed by atoms with E-state index < -0.39 is 0 Å². The monoisotopic (exact) mass is 389 g/mol. The molecule has 1 saturated heterocycles. The van der Waals surface area contributed by atoms with E-state index in [-0.39, 0.29) is 11.8 Å². The molecule has 2 N–H and O–H groups in total. The van der Waals surface area contributed by atoms with Crippen molar-refractivity contribution in [1.82, 2.24) is 4.98 Å². The van der Waals surface area contributed by atoms with Gasteiger partial charge in [-0.15, -0.1) is 0 Å². The highest BCUT2D eigenvalue weighted by Gasteiger charge is 2.32. The van der Waals surface area contributed by atoms with Crippen molar-refractivity contribution in [1.29, 1.82) is 0 Å². The van der Waals surface area contributed by atoms with Crippen LogP contribution in [-0.4, -0.2) is 24.5 Å². The molecule has 148 valence electrons. The molecule has 2 heterocycles. The van der Waals surface area contributed by atoms with E-state index in [0.29, 0.717) is 36.8 Å². The molecule has 6 nitrogen and oxygen atoms in total. The molecule has 3 aromatic rings. The molecule has 2 aromatic carbocycles. The SMILES string of the molecule is COc1ccc([C@H]2CC(=O)N(c3cccc(N)c3)C2)cc1OCc1cccnc1. The lowest BCUT2D eigenvalue weighted by atomic mass is 9.98. The van der Waals surface area contributed by atoms with Gasteiger partial charge < -0.3 is 20.1 Å². The maximum atomic E-state index is 12.6. The molecule has 0 unspecified atom stereocenters. The van der Waals surface area contributed by atoms with Crippen molar-refractivity contribution in [3.05, 3.63) is 78.1 Å². The Morgan fingerprint density at radius 3 is 2.79 bits per heavy atom. The van der Waals surface area contributed by atoms with Gasteiger partial charge in [0.05, 0.1) is 7.11 Å². The first-order chi connectivity index (χ1) is 14.1. The second-order valence-electron chi connectivity index (χ2n) is 7.06. The Morgan fingerprint density at radius 1 is 1.14 bits per heavy atom. The van der Waals surface area contributed by atoms with E-state index in [0.717, 1.165) is 16.8 Å². The van der Waals surface area contributed by atoms with Gasteiger partial charge in [0.25, 0.3) is 0 Å². The van der Waals surface area contributed by atoms with E-state index in [2.05, 4.69) is 4.98 Å². The van der Waals surface area contributed by atoms with E-state index >= 15 is 0 Å². The van der Waals surface area contributed by atoms with Crippen LogP contribution < -0.4 is 20.1 Å². The molecule has 1 atom stereocenters. The van der Waals surface area contributed by atoms with Gasteiger partial charge in [-0.1, -0.05) is 18.2 Å². The smallest absolute Gasteiger partial charge is 0.227 e. The number of nitrogen functional groups attached to an aromatic ring is 1. The highest BCUT2D eigenvalue weighted by Crippen LogP contribution is 2.37. The van der Waals surface area contributed by atoms with E-state index in [1.807, 2.05) is 54.6 Å². The fourth-order valence-electron chi connectivity index (χ4n) is 3.58. The molecule has 0 radical (unpaired) electrons. The van der Waals surface area contributed by atoms with Crippen LogP contribution in [0.2, 0.25) is 0 Å². The number of anilines is 2. The van der Waals surface area contributed by atoms with Gasteiger partial charge in [-0.25, -0.2) is 0 Å². The van der Waals surface area contributed by atoms with Crippen molar-refractivity contribution in [2.75, 3.05) is 24.3 Å². The Hall–Kier alpha value is -3.54. The number of hydrogen-bond donors (Lipinski definition) is 1. The Balaban J connectivity index is 1.53. The minimum absolute atomic E-state index is 0.0792. The molecule has 0 spiro atoms. The largest absolute Gasteiger partial charge is 0.493 e. The molecule has 4 rings (SSSR count). The summed E-state index contributed by atoms with van der Waals surface area (Å²) in [7, 11) is 1.62. The van der Waals surface area contributed by atoms with Crippen molar-refractivity contribution in [3.8, 4) is 11.5 Å². The molecule has 1 fully saturated rings. The van der Waals surface area contributed by atoms with Gasteiger partial charge in [0, 0.05) is 48.2 Å². The summed E-state index contributed by atoms with van der Waals surface area (Å²) in [6.45, 7) is 1.00. The van der Waals surface area contributed by atoms with E-state index in [1.54, 1.807) is 24.4 Å². The third kappa shape index (κ3) is 4.16. The second-order valence-corrected chi connectivity index (χ2v) is 7.06. The lowest BCUT2D eigenvalue weighted by Crippen LogP contribution is -2.24. The normalized spacial score (nSPS) is 16.1. The first-order valence-electron chi connectivity index (χ1n) is 9.49. The average molecular weight is 389 g/mol. The quantitative estimate of drug-likeness (QED) is 0.650. The third-order valence-corrected chi connectivity index (χ3v) is 5.08. The van der Waals surface area contributed by atoms with Gasteiger partial charge in [0.15, 0.2) is 11.5 Å². The third-order valence-electron chi connectivity index (χ3n) is 5.08. The van der Waals surface area contributed by atoms with Crippen molar-refractivity contribution in [2.45, 2.75) is 18.9 Å². The predicted molar refractivity (Wildman–Crippen MR) is 112 cm³/mol. The minimum atomic E-state index is 0.0792. The van der Waals surface area contributed by atoms with Crippen LogP contribution in [0.5, 0.6) is 11.5 Å². The first kappa shape index (κ1) is 18.8. The van der Waals surface area contributed by atoms with E-state index in [4.69, 9.17) is 15.2 Å². The number of nitrogens with zero attached hydrogens (tertiary/aromatic N) is 2. The average Bonchev–Trinajstić information content (AvgIpc) is 3.14. The zero-order valence-corrected chi connectivity index (χ0v) is 16.2. The Bertz CT molecular complexity index is 1010. The molecular formula is C23H23N3O3. The molecule has 1 amide bonds. The van der Waals surface area contributed by atoms with Crippen LogP contribution in [0, 0.1) is 0 Å². The number of hydrogen-bond acceptors (Lipinski definition) is 5. The molecule has 1 aliphatic heterocycles. The lowest BCUT2D eigenvalue weighted by molar-refractivity contribution is -0.117. The Kier molecular flexibility index (Phi) is 5.33. The van der Waals surface area contributed by atoms with Gasteiger partial charge in [-0.3, -0.25) is 9.78 Å². The highest BCUT2D eigenvalue weighted by atomic mass is 16.5. The van der Waals surface area contributed by atoms with Crippen LogP contribution in [-0.2, 0) is 11.4 Å². The lowest BCUT2D eigenvalue weighted by Gasteiger charge is -2.18. The van der Waals surface area contributed by atoms with E-state index in [9.17, 15) is 4.79 Å². The summed E-state index contributed by atoms with van der Waals surface area (Å²) >= 11 is 0. The molecule has 29 heavy (non-hydrogen) atoms. The number of nitrogens with two attached hydrogens (primary N) is 1. The Labute approximate surface area is 169 Å². The number of methoxy groups -OCH3 is 1. The minimum Gasteiger partial charge on any atom is -0.493 e. The van der Waals surface area contributed by atoms with Crippen LogP contribution in [0.15, 0.2) is 67.0 Å². The fourth-order valence-corrected chi connectivity index (χ4v) is 3.58. The first-order valence-corrected chi connectivity index (χ1v) is 9.49. The maximum Gasteiger partial charge on any atom is 0.227 e. The summed E-state index contributed by atoms with van der Waals surface area (Å²) in [5.41, 5.74) is 9.38. The summed E-state index contributed by atoms with van der Waals surface area (Å²) in [6, 6.07) is 17.1. The van der Waals surface area contributed by atoms with Crippen molar-refractivity contribution in [2.24, 2.45) is 0 Å². The summed E-state index contributed by atoms with van der Waals surface area (Å²) in [4.78, 5) is 18.5. The maximum absolute atomic E-state index is 12.6. The summed E-state index contributed by atoms with van der Waals surface area (Å²) in [6.07, 6.45) is 3.95. The van der Waals surface area contributed by atoms with Crippen molar-refractivity contribution < 1.29 is 14.3 Å². The molecule has 6 heteroatoms. The number of pyridine rings is 1. The van der Waals surface area contributed by atoms with Gasteiger partial charge in [-0.05, 0) is 42.0 Å².